The second-order valence-electron chi connectivity index (χ2n) is 5.48. The summed E-state index contributed by atoms with van der Waals surface area (Å²) in [4.78, 5) is 13.8. The van der Waals surface area contributed by atoms with Crippen LogP contribution in [0.3, 0.4) is 0 Å². The Labute approximate surface area is 127 Å². The molecule has 0 radical (unpaired) electrons. The number of nitrogens with one attached hydrogen (secondary N) is 1. The van der Waals surface area contributed by atoms with E-state index < -0.39 is 17.8 Å². The highest BCUT2D eigenvalue weighted by Crippen LogP contribution is 2.30. The summed E-state index contributed by atoms with van der Waals surface area (Å²) in [7, 11) is 0. The highest BCUT2D eigenvalue weighted by Gasteiger charge is 2.35. The van der Waals surface area contributed by atoms with E-state index in [1.54, 1.807) is 4.90 Å². The van der Waals surface area contributed by atoms with Crippen molar-refractivity contribution >= 4 is 17.7 Å². The van der Waals surface area contributed by atoms with E-state index in [9.17, 15) is 13.6 Å². The fourth-order valence-electron chi connectivity index (χ4n) is 2.92. The molecule has 0 aromatic heterocycles. The molecule has 1 aromatic carbocycles. The molecule has 2 aliphatic rings. The fourth-order valence-corrected chi connectivity index (χ4v) is 4.22. The lowest BCUT2D eigenvalue weighted by atomic mass is 10.1. The number of carbonyl (C=O) groups excluding carboxylic acids is 1. The van der Waals surface area contributed by atoms with Crippen LogP contribution in [-0.4, -0.2) is 34.9 Å². The molecular formula is C15H18F2N2OS. The lowest BCUT2D eigenvalue weighted by Gasteiger charge is -2.30. The molecular weight excluding hydrogens is 294 g/mol. The lowest BCUT2D eigenvalue weighted by Crippen LogP contribution is -2.37. The lowest BCUT2D eigenvalue weighted by molar-refractivity contribution is -0.128. The number of nitrogens with zero attached hydrogens (tertiary/aromatic N) is 1. The molecule has 1 amide bonds. The third kappa shape index (κ3) is 3.21. The van der Waals surface area contributed by atoms with E-state index in [-0.39, 0.29) is 12.5 Å². The molecule has 2 heterocycles. The minimum absolute atomic E-state index is 0.0186. The van der Waals surface area contributed by atoms with Gasteiger partial charge in [0.05, 0.1) is 6.54 Å². The number of carbonyl (C=O) groups is 1. The van der Waals surface area contributed by atoms with Gasteiger partial charge >= 0.3 is 0 Å². The first-order chi connectivity index (χ1) is 10.1. The first kappa shape index (κ1) is 14.8. The Bertz CT molecular complexity index is 534. The summed E-state index contributed by atoms with van der Waals surface area (Å²) in [6.07, 6.45) is 3.01. The van der Waals surface area contributed by atoms with Crippen molar-refractivity contribution in [1.29, 1.82) is 0 Å². The maximum atomic E-state index is 14.0. The van der Waals surface area contributed by atoms with E-state index >= 15 is 0 Å². The Morgan fingerprint density at radius 1 is 1.33 bits per heavy atom. The van der Waals surface area contributed by atoms with Crippen molar-refractivity contribution in [3.8, 4) is 0 Å². The topological polar surface area (TPSA) is 32.3 Å². The number of rotatable bonds is 3. The summed E-state index contributed by atoms with van der Waals surface area (Å²) < 4.78 is 27.0. The van der Waals surface area contributed by atoms with Gasteiger partial charge in [-0.3, -0.25) is 10.1 Å². The molecule has 1 aromatic rings. The van der Waals surface area contributed by atoms with Gasteiger partial charge < -0.3 is 4.90 Å². The molecule has 0 spiro atoms. The molecule has 2 aliphatic heterocycles. The number of hydrogen-bond donors (Lipinski definition) is 1. The van der Waals surface area contributed by atoms with Crippen molar-refractivity contribution in [2.24, 2.45) is 0 Å². The average Bonchev–Trinajstić information content (AvgIpc) is 2.82. The van der Waals surface area contributed by atoms with Gasteiger partial charge in [0, 0.05) is 23.4 Å². The van der Waals surface area contributed by atoms with E-state index in [1.807, 2.05) is 11.8 Å². The Balaban J connectivity index is 1.78. The normalized spacial score (nSPS) is 26.4. The van der Waals surface area contributed by atoms with Crippen molar-refractivity contribution in [1.82, 2.24) is 10.2 Å². The van der Waals surface area contributed by atoms with Crippen molar-refractivity contribution in [2.75, 3.05) is 18.8 Å². The Hall–Kier alpha value is -1.14. The average molecular weight is 312 g/mol. The minimum atomic E-state index is -0.608. The third-order valence-electron chi connectivity index (χ3n) is 4.01. The van der Waals surface area contributed by atoms with Gasteiger partial charge in [0.15, 0.2) is 0 Å². The summed E-state index contributed by atoms with van der Waals surface area (Å²) >= 11 is 1.88. The fraction of sp³-hybridized carbons (Fsp3) is 0.533. The molecule has 1 N–H and O–H groups in total. The highest BCUT2D eigenvalue weighted by molar-refractivity contribution is 7.99. The van der Waals surface area contributed by atoms with Gasteiger partial charge in [-0.1, -0.05) is 6.42 Å². The summed E-state index contributed by atoms with van der Waals surface area (Å²) in [5.41, 5.74) is 0.336. The molecule has 0 bridgehead atoms. The molecule has 6 heteroatoms. The predicted molar refractivity (Wildman–Crippen MR) is 78.9 cm³/mol. The molecule has 114 valence electrons. The quantitative estimate of drug-likeness (QED) is 0.931. The van der Waals surface area contributed by atoms with Crippen LogP contribution in [0.1, 0.15) is 31.0 Å². The van der Waals surface area contributed by atoms with Gasteiger partial charge in [-0.2, -0.15) is 11.8 Å². The van der Waals surface area contributed by atoms with Crippen molar-refractivity contribution in [3.05, 3.63) is 35.4 Å². The van der Waals surface area contributed by atoms with Gasteiger partial charge in [-0.05, 0) is 30.7 Å². The van der Waals surface area contributed by atoms with Gasteiger partial charge in [-0.15, -0.1) is 0 Å². The van der Waals surface area contributed by atoms with E-state index in [4.69, 9.17) is 0 Å². The molecule has 21 heavy (non-hydrogen) atoms. The standard InChI is InChI=1S/C15H18F2N2OS/c16-10-4-5-12(13(17)7-10)15-18-8-14(20)19(15)9-11-3-1-2-6-21-11/h4-5,7,11,15,18H,1-3,6,8-9H2. The minimum Gasteiger partial charge on any atom is -0.321 e. The number of hydrogen-bond acceptors (Lipinski definition) is 3. The van der Waals surface area contributed by atoms with Crippen molar-refractivity contribution in [3.63, 3.8) is 0 Å². The number of halogens is 2. The Kier molecular flexibility index (Phi) is 4.45. The summed E-state index contributed by atoms with van der Waals surface area (Å²) in [6.45, 7) is 0.830. The van der Waals surface area contributed by atoms with Crippen molar-refractivity contribution < 1.29 is 13.6 Å². The van der Waals surface area contributed by atoms with E-state index in [1.165, 1.54) is 25.0 Å². The van der Waals surface area contributed by atoms with Gasteiger partial charge in [0.2, 0.25) is 5.91 Å². The third-order valence-corrected chi connectivity index (χ3v) is 5.39. The largest absolute Gasteiger partial charge is 0.321 e. The zero-order valence-corrected chi connectivity index (χ0v) is 12.5. The number of benzene rings is 1. The molecule has 2 atom stereocenters. The molecule has 3 rings (SSSR count). The van der Waals surface area contributed by atoms with Crippen LogP contribution >= 0.6 is 11.8 Å². The van der Waals surface area contributed by atoms with Crippen LogP contribution in [-0.2, 0) is 4.79 Å². The van der Waals surface area contributed by atoms with Crippen LogP contribution in [0.5, 0.6) is 0 Å². The summed E-state index contributed by atoms with van der Waals surface area (Å²) in [6, 6.07) is 3.52. The van der Waals surface area contributed by atoms with Gasteiger partial charge in [0.1, 0.15) is 17.8 Å². The van der Waals surface area contributed by atoms with Crippen LogP contribution in [0.25, 0.3) is 0 Å². The molecule has 3 nitrogen and oxygen atoms in total. The molecule has 0 saturated carbocycles. The molecule has 0 aliphatic carbocycles. The Morgan fingerprint density at radius 3 is 2.90 bits per heavy atom. The summed E-state index contributed by atoms with van der Waals surface area (Å²) in [5, 5.41) is 3.44. The van der Waals surface area contributed by atoms with Crippen LogP contribution in [0, 0.1) is 11.6 Å². The zero-order chi connectivity index (χ0) is 14.8. The molecule has 2 fully saturated rings. The smallest absolute Gasteiger partial charge is 0.238 e. The van der Waals surface area contributed by atoms with Crippen LogP contribution in [0.4, 0.5) is 8.78 Å². The first-order valence-corrected chi connectivity index (χ1v) is 8.29. The number of amides is 1. The maximum Gasteiger partial charge on any atom is 0.238 e. The predicted octanol–water partition coefficient (Wildman–Crippen LogP) is 2.68. The van der Waals surface area contributed by atoms with Crippen molar-refractivity contribution in [2.45, 2.75) is 30.7 Å². The Morgan fingerprint density at radius 2 is 2.19 bits per heavy atom. The van der Waals surface area contributed by atoms with E-state index in [0.29, 0.717) is 17.4 Å². The maximum absolute atomic E-state index is 14.0. The van der Waals surface area contributed by atoms with Crippen LogP contribution < -0.4 is 5.32 Å². The van der Waals surface area contributed by atoms with E-state index in [0.717, 1.165) is 18.2 Å². The second kappa shape index (κ2) is 6.32. The monoisotopic (exact) mass is 312 g/mol. The highest BCUT2D eigenvalue weighted by atomic mass is 32.2. The second-order valence-corrected chi connectivity index (χ2v) is 6.89. The number of thioether (sulfide) groups is 1. The molecule has 2 saturated heterocycles. The first-order valence-electron chi connectivity index (χ1n) is 7.24. The van der Waals surface area contributed by atoms with Crippen LogP contribution in [0.15, 0.2) is 18.2 Å². The van der Waals surface area contributed by atoms with Crippen LogP contribution in [0.2, 0.25) is 0 Å². The van der Waals surface area contributed by atoms with E-state index in [2.05, 4.69) is 5.32 Å². The molecule has 2 unspecified atom stereocenters. The SMILES string of the molecule is O=C1CNC(c2ccc(F)cc2F)N1CC1CCCCS1. The van der Waals surface area contributed by atoms with Gasteiger partial charge in [0.25, 0.3) is 0 Å². The summed E-state index contributed by atoms with van der Waals surface area (Å²) in [5.74, 6) is -0.108. The zero-order valence-electron chi connectivity index (χ0n) is 11.6. The van der Waals surface area contributed by atoms with Gasteiger partial charge in [-0.25, -0.2) is 8.78 Å².